The van der Waals surface area contributed by atoms with Gasteiger partial charge in [0.25, 0.3) is 0 Å². The number of nitrogens with one attached hydrogen (secondary N) is 1. The average molecular weight is 273 g/mol. The van der Waals surface area contributed by atoms with E-state index in [1.165, 1.54) is 12.8 Å². The second kappa shape index (κ2) is 4.90. The topological polar surface area (TPSA) is 35.8 Å². The van der Waals surface area contributed by atoms with Crippen molar-refractivity contribution in [1.82, 2.24) is 0 Å². The van der Waals surface area contributed by atoms with E-state index in [2.05, 4.69) is 30.5 Å². The first-order chi connectivity index (χ1) is 9.17. The summed E-state index contributed by atoms with van der Waals surface area (Å²) in [6.45, 7) is 2.22. The highest BCUT2D eigenvalue weighted by Gasteiger charge is 2.38. The fourth-order valence-electron chi connectivity index (χ4n) is 3.46. The lowest BCUT2D eigenvalue weighted by Crippen LogP contribution is -2.28. The first kappa shape index (κ1) is 12.6. The number of halogens is 1. The minimum Gasteiger partial charge on any atom is -0.381 e. The van der Waals surface area contributed by atoms with Crippen LogP contribution >= 0.6 is 11.6 Å². The summed E-state index contributed by atoms with van der Waals surface area (Å²) >= 11 is 6.20. The zero-order valence-electron chi connectivity index (χ0n) is 10.9. The van der Waals surface area contributed by atoms with Crippen molar-refractivity contribution in [1.29, 1.82) is 5.26 Å². The average Bonchev–Trinajstić information content (AvgIpc) is 3.03. The van der Waals surface area contributed by atoms with Crippen molar-refractivity contribution >= 4 is 17.3 Å². The number of hydrogen-bond donors (Lipinski definition) is 1. The van der Waals surface area contributed by atoms with E-state index in [9.17, 15) is 0 Å². The van der Waals surface area contributed by atoms with Gasteiger partial charge in [-0.2, -0.15) is 5.26 Å². The third-order valence-corrected chi connectivity index (χ3v) is 4.78. The Morgan fingerprint density at radius 1 is 1.37 bits per heavy atom. The molecule has 0 amide bonds. The normalized spacial score (nSPS) is 29.2. The maximum Gasteiger partial charge on any atom is 0.0992 e. The zero-order chi connectivity index (χ0) is 13.4. The smallest absolute Gasteiger partial charge is 0.0992 e. The zero-order valence-corrected chi connectivity index (χ0v) is 11.7. The van der Waals surface area contributed by atoms with Crippen LogP contribution in [0.4, 0.5) is 5.69 Å². The van der Waals surface area contributed by atoms with Crippen LogP contribution in [0, 0.1) is 29.1 Å². The Morgan fingerprint density at radius 3 is 2.84 bits per heavy atom. The van der Waals surface area contributed by atoms with Crippen molar-refractivity contribution in [2.75, 3.05) is 5.32 Å². The van der Waals surface area contributed by atoms with Gasteiger partial charge in [0.1, 0.15) is 0 Å². The van der Waals surface area contributed by atoms with E-state index in [0.717, 1.165) is 11.6 Å². The third kappa shape index (κ3) is 2.35. The first-order valence-electron chi connectivity index (χ1n) is 6.82. The molecule has 4 unspecified atom stereocenters. The van der Waals surface area contributed by atoms with Gasteiger partial charge >= 0.3 is 0 Å². The van der Waals surface area contributed by atoms with Crippen molar-refractivity contribution in [3.8, 4) is 6.07 Å². The molecule has 2 nitrogen and oxygen atoms in total. The summed E-state index contributed by atoms with van der Waals surface area (Å²) in [5, 5.41) is 13.1. The van der Waals surface area contributed by atoms with Gasteiger partial charge in [-0.05, 0) is 55.7 Å². The van der Waals surface area contributed by atoms with Crippen LogP contribution in [0.15, 0.2) is 30.4 Å². The molecule has 2 aliphatic carbocycles. The second-order valence-electron chi connectivity index (χ2n) is 5.68. The van der Waals surface area contributed by atoms with Crippen LogP contribution in [0.3, 0.4) is 0 Å². The molecular weight excluding hydrogens is 256 g/mol. The highest BCUT2D eigenvalue weighted by Crippen LogP contribution is 2.45. The van der Waals surface area contributed by atoms with Gasteiger partial charge in [0.2, 0.25) is 0 Å². The van der Waals surface area contributed by atoms with Gasteiger partial charge in [-0.15, -0.1) is 0 Å². The molecule has 0 heterocycles. The molecule has 0 spiro atoms. The van der Waals surface area contributed by atoms with E-state index in [1.54, 1.807) is 12.1 Å². The van der Waals surface area contributed by atoms with Crippen molar-refractivity contribution < 1.29 is 0 Å². The van der Waals surface area contributed by atoms with Crippen molar-refractivity contribution in [2.45, 2.75) is 25.8 Å². The molecule has 4 atom stereocenters. The molecule has 1 N–H and O–H groups in total. The number of fused-ring (bicyclic) bond motifs is 2. The summed E-state index contributed by atoms with van der Waals surface area (Å²) in [4.78, 5) is 0. The number of rotatable bonds is 3. The van der Waals surface area contributed by atoms with E-state index in [0.29, 0.717) is 28.5 Å². The standard InChI is InChI=1S/C16H17ClN2/c1-10(14-7-11-2-4-13(14)6-11)19-16-8-12(9-18)3-5-15(16)17/h2-5,8,10-11,13-14,19H,6-7H2,1H3. The maximum atomic E-state index is 8.95. The minimum atomic E-state index is 0.381. The number of nitriles is 1. The van der Waals surface area contributed by atoms with Crippen LogP contribution in [0.5, 0.6) is 0 Å². The van der Waals surface area contributed by atoms with Crippen LogP contribution in [0.2, 0.25) is 5.02 Å². The molecule has 0 aliphatic heterocycles. The summed E-state index contributed by atoms with van der Waals surface area (Å²) in [5.41, 5.74) is 1.52. The largest absolute Gasteiger partial charge is 0.381 e. The fourth-order valence-corrected chi connectivity index (χ4v) is 3.63. The molecule has 98 valence electrons. The molecule has 19 heavy (non-hydrogen) atoms. The predicted octanol–water partition coefficient (Wildman–Crippen LogP) is 4.22. The molecule has 0 radical (unpaired) electrons. The van der Waals surface area contributed by atoms with Crippen molar-refractivity contribution in [2.24, 2.45) is 17.8 Å². The number of allylic oxidation sites excluding steroid dienone is 2. The SMILES string of the molecule is CC(Nc1cc(C#N)ccc1Cl)C1CC2C=CC1C2. The van der Waals surface area contributed by atoms with Crippen molar-refractivity contribution in [3.63, 3.8) is 0 Å². The van der Waals surface area contributed by atoms with Gasteiger partial charge in [0, 0.05) is 6.04 Å². The van der Waals surface area contributed by atoms with Crippen LogP contribution in [0.1, 0.15) is 25.3 Å². The summed E-state index contributed by atoms with van der Waals surface area (Å²) < 4.78 is 0. The summed E-state index contributed by atoms with van der Waals surface area (Å²) in [6.07, 6.45) is 7.30. The van der Waals surface area contributed by atoms with Crippen LogP contribution < -0.4 is 5.32 Å². The highest BCUT2D eigenvalue weighted by molar-refractivity contribution is 6.33. The monoisotopic (exact) mass is 272 g/mol. The van der Waals surface area contributed by atoms with Gasteiger partial charge in [0.05, 0.1) is 22.3 Å². The summed E-state index contributed by atoms with van der Waals surface area (Å²) in [7, 11) is 0. The quantitative estimate of drug-likeness (QED) is 0.836. The Kier molecular flexibility index (Phi) is 3.24. The maximum absolute atomic E-state index is 8.95. The van der Waals surface area contributed by atoms with Crippen LogP contribution in [-0.2, 0) is 0 Å². The Labute approximate surface area is 119 Å². The summed E-state index contributed by atoms with van der Waals surface area (Å²) in [6, 6.07) is 7.91. The molecule has 1 saturated carbocycles. The van der Waals surface area contributed by atoms with E-state index < -0.39 is 0 Å². The van der Waals surface area contributed by atoms with Gasteiger partial charge in [-0.1, -0.05) is 23.8 Å². The Hall–Kier alpha value is -1.46. The second-order valence-corrected chi connectivity index (χ2v) is 6.09. The molecule has 2 bridgehead atoms. The van der Waals surface area contributed by atoms with Crippen LogP contribution in [-0.4, -0.2) is 6.04 Å². The molecule has 0 aromatic heterocycles. The molecule has 2 aliphatic rings. The van der Waals surface area contributed by atoms with E-state index in [-0.39, 0.29) is 0 Å². The molecular formula is C16H17ClN2. The van der Waals surface area contributed by atoms with Crippen LogP contribution in [0.25, 0.3) is 0 Å². The van der Waals surface area contributed by atoms with Gasteiger partial charge in [-0.25, -0.2) is 0 Å². The summed E-state index contributed by atoms with van der Waals surface area (Å²) in [5.74, 6) is 2.17. The van der Waals surface area contributed by atoms with Gasteiger partial charge < -0.3 is 5.32 Å². The molecule has 1 fully saturated rings. The lowest BCUT2D eigenvalue weighted by atomic mass is 9.87. The molecule has 0 saturated heterocycles. The van der Waals surface area contributed by atoms with E-state index in [1.807, 2.05) is 6.07 Å². The number of hydrogen-bond acceptors (Lipinski definition) is 2. The Morgan fingerprint density at radius 2 is 2.21 bits per heavy atom. The van der Waals surface area contributed by atoms with Crippen molar-refractivity contribution in [3.05, 3.63) is 40.9 Å². The molecule has 1 aromatic carbocycles. The third-order valence-electron chi connectivity index (χ3n) is 4.45. The fraction of sp³-hybridized carbons (Fsp3) is 0.438. The molecule has 3 heteroatoms. The Balaban J connectivity index is 1.75. The highest BCUT2D eigenvalue weighted by atomic mass is 35.5. The molecule has 3 rings (SSSR count). The van der Waals surface area contributed by atoms with E-state index >= 15 is 0 Å². The number of anilines is 1. The molecule has 1 aromatic rings. The lowest BCUT2D eigenvalue weighted by Gasteiger charge is -2.27. The lowest BCUT2D eigenvalue weighted by molar-refractivity contribution is 0.400. The van der Waals surface area contributed by atoms with E-state index in [4.69, 9.17) is 16.9 Å². The minimum absolute atomic E-state index is 0.381. The predicted molar refractivity (Wildman–Crippen MR) is 78.1 cm³/mol. The first-order valence-corrected chi connectivity index (χ1v) is 7.19. The Bertz CT molecular complexity index is 558. The number of nitrogens with zero attached hydrogens (tertiary/aromatic N) is 1. The van der Waals surface area contributed by atoms with Gasteiger partial charge in [-0.3, -0.25) is 0 Å². The van der Waals surface area contributed by atoms with Gasteiger partial charge in [0.15, 0.2) is 0 Å². The number of benzene rings is 1.